The number of nitrogens with zero attached hydrogens (tertiary/aromatic N) is 2. The molecule has 2 heterocycles. The smallest absolute Gasteiger partial charge is 0.321 e. The van der Waals surface area contributed by atoms with Crippen molar-refractivity contribution in [3.05, 3.63) is 57.0 Å². The Hall–Kier alpha value is -2.65. The Labute approximate surface area is 157 Å². The van der Waals surface area contributed by atoms with Crippen molar-refractivity contribution in [1.82, 2.24) is 20.2 Å². The molecule has 0 aliphatic carbocycles. The first kappa shape index (κ1) is 18.2. The van der Waals surface area contributed by atoms with Gasteiger partial charge in [0.1, 0.15) is 0 Å². The Morgan fingerprint density at radius 2 is 2.04 bits per heavy atom. The summed E-state index contributed by atoms with van der Waals surface area (Å²) in [7, 11) is 1.61. The molecule has 7 nitrogen and oxygen atoms in total. The third-order valence-electron chi connectivity index (χ3n) is 3.53. The van der Waals surface area contributed by atoms with Crippen LogP contribution >= 0.6 is 23.1 Å². The number of fused-ring (bicyclic) bond motifs is 1. The molecule has 3 aromatic rings. The summed E-state index contributed by atoms with van der Waals surface area (Å²) in [6.07, 6.45) is 0. The summed E-state index contributed by atoms with van der Waals surface area (Å²) in [5, 5.41) is 7.74. The summed E-state index contributed by atoms with van der Waals surface area (Å²) < 4.78 is 1.40. The fourth-order valence-corrected chi connectivity index (χ4v) is 3.66. The third kappa shape index (κ3) is 4.30. The van der Waals surface area contributed by atoms with Crippen LogP contribution in [-0.2, 0) is 18.4 Å². The normalized spacial score (nSPS) is 10.7. The van der Waals surface area contributed by atoms with Crippen LogP contribution in [0.4, 0.5) is 4.79 Å². The standard InChI is InChI=1S/C17H16N4O3S2/c1-21-15(23)12-6-2-3-7-13(12)19-17(21)26-10-14(22)20-16(24)18-9-11-5-4-8-25-11/h2-8H,9-10H2,1H3,(H2,18,20,22,24). The van der Waals surface area contributed by atoms with Gasteiger partial charge < -0.3 is 5.32 Å². The van der Waals surface area contributed by atoms with Crippen LogP contribution in [0.25, 0.3) is 10.9 Å². The average Bonchev–Trinajstić information content (AvgIpc) is 3.15. The van der Waals surface area contributed by atoms with E-state index < -0.39 is 11.9 Å². The number of nitrogens with one attached hydrogen (secondary N) is 2. The van der Waals surface area contributed by atoms with Gasteiger partial charge in [0, 0.05) is 11.9 Å². The van der Waals surface area contributed by atoms with Crippen LogP contribution in [0.5, 0.6) is 0 Å². The zero-order chi connectivity index (χ0) is 18.5. The van der Waals surface area contributed by atoms with Crippen molar-refractivity contribution < 1.29 is 9.59 Å². The van der Waals surface area contributed by atoms with Crippen LogP contribution < -0.4 is 16.2 Å². The maximum atomic E-state index is 12.3. The molecule has 134 valence electrons. The van der Waals surface area contributed by atoms with Crippen molar-refractivity contribution >= 4 is 45.9 Å². The average molecular weight is 388 g/mol. The van der Waals surface area contributed by atoms with Crippen molar-refractivity contribution in [3.8, 4) is 0 Å². The zero-order valence-electron chi connectivity index (χ0n) is 13.9. The first-order valence-electron chi connectivity index (χ1n) is 7.73. The number of aromatic nitrogens is 2. The number of para-hydroxylation sites is 1. The maximum absolute atomic E-state index is 12.3. The van der Waals surface area contributed by atoms with E-state index in [0.717, 1.165) is 16.6 Å². The molecule has 0 spiro atoms. The van der Waals surface area contributed by atoms with Gasteiger partial charge in [-0.2, -0.15) is 0 Å². The summed E-state index contributed by atoms with van der Waals surface area (Å²) in [6.45, 7) is 0.366. The molecule has 26 heavy (non-hydrogen) atoms. The summed E-state index contributed by atoms with van der Waals surface area (Å²) in [5.41, 5.74) is 0.402. The minimum absolute atomic E-state index is 0.0228. The first-order valence-corrected chi connectivity index (χ1v) is 9.60. The summed E-state index contributed by atoms with van der Waals surface area (Å²) in [6, 6.07) is 10.3. The Kier molecular flexibility index (Phi) is 5.69. The quantitative estimate of drug-likeness (QED) is 0.516. The number of benzene rings is 1. The van der Waals surface area contributed by atoms with Crippen LogP contribution in [-0.4, -0.2) is 27.2 Å². The molecule has 0 unspecified atom stereocenters. The number of imide groups is 1. The molecule has 1 aromatic carbocycles. The Balaban J connectivity index is 1.57. The van der Waals surface area contributed by atoms with E-state index in [1.54, 1.807) is 31.3 Å². The van der Waals surface area contributed by atoms with Gasteiger partial charge in [-0.1, -0.05) is 30.0 Å². The van der Waals surface area contributed by atoms with Gasteiger partial charge in [0.25, 0.3) is 5.56 Å². The number of hydrogen-bond donors (Lipinski definition) is 2. The Bertz CT molecular complexity index is 999. The molecule has 2 N–H and O–H groups in total. The lowest BCUT2D eigenvalue weighted by Gasteiger charge is -2.09. The lowest BCUT2D eigenvalue weighted by atomic mass is 10.2. The van der Waals surface area contributed by atoms with Crippen LogP contribution in [0.3, 0.4) is 0 Å². The number of thioether (sulfide) groups is 1. The number of carbonyl (C=O) groups is 2. The van der Waals surface area contributed by atoms with E-state index in [0.29, 0.717) is 22.6 Å². The first-order chi connectivity index (χ1) is 12.5. The van der Waals surface area contributed by atoms with E-state index in [-0.39, 0.29) is 11.3 Å². The maximum Gasteiger partial charge on any atom is 0.321 e. The second kappa shape index (κ2) is 8.15. The fraction of sp³-hybridized carbons (Fsp3) is 0.176. The van der Waals surface area contributed by atoms with Gasteiger partial charge in [0.05, 0.1) is 23.2 Å². The highest BCUT2D eigenvalue weighted by Gasteiger charge is 2.12. The highest BCUT2D eigenvalue weighted by atomic mass is 32.2. The SMILES string of the molecule is Cn1c(SCC(=O)NC(=O)NCc2cccs2)nc2ccccc2c1=O. The minimum atomic E-state index is -0.552. The zero-order valence-corrected chi connectivity index (χ0v) is 15.5. The molecule has 2 aromatic heterocycles. The molecular weight excluding hydrogens is 372 g/mol. The number of carbonyl (C=O) groups excluding carboxylic acids is 2. The van der Waals surface area contributed by atoms with Gasteiger partial charge in [-0.25, -0.2) is 9.78 Å². The molecule has 3 rings (SSSR count). The molecule has 0 atom stereocenters. The van der Waals surface area contributed by atoms with Gasteiger partial charge in [0.15, 0.2) is 5.16 Å². The van der Waals surface area contributed by atoms with Crippen molar-refractivity contribution in [2.45, 2.75) is 11.7 Å². The molecule has 0 aliphatic rings. The largest absolute Gasteiger partial charge is 0.333 e. The number of amides is 3. The van der Waals surface area contributed by atoms with Crippen molar-refractivity contribution in [2.75, 3.05) is 5.75 Å². The van der Waals surface area contributed by atoms with Crippen LogP contribution in [0.1, 0.15) is 4.88 Å². The third-order valence-corrected chi connectivity index (χ3v) is 5.44. The van der Waals surface area contributed by atoms with E-state index in [9.17, 15) is 14.4 Å². The number of hydrogen-bond acceptors (Lipinski definition) is 6. The topological polar surface area (TPSA) is 93.1 Å². The molecule has 0 saturated heterocycles. The number of thiophene rings is 1. The van der Waals surface area contributed by atoms with Crippen LogP contribution in [0.15, 0.2) is 51.7 Å². The summed E-state index contributed by atoms with van der Waals surface area (Å²) in [4.78, 5) is 41.4. The van der Waals surface area contributed by atoms with Gasteiger partial charge in [0.2, 0.25) is 5.91 Å². The van der Waals surface area contributed by atoms with Crippen LogP contribution in [0.2, 0.25) is 0 Å². The fourth-order valence-electron chi connectivity index (χ4n) is 2.24. The second-order valence-corrected chi connectivity index (χ2v) is 7.35. The van der Waals surface area contributed by atoms with E-state index in [4.69, 9.17) is 0 Å². The molecule has 0 saturated carbocycles. The molecular formula is C17H16N4O3S2. The van der Waals surface area contributed by atoms with E-state index in [1.807, 2.05) is 17.5 Å². The van der Waals surface area contributed by atoms with E-state index in [1.165, 1.54) is 15.9 Å². The molecule has 9 heteroatoms. The summed E-state index contributed by atoms with van der Waals surface area (Å²) >= 11 is 2.63. The Morgan fingerprint density at radius 3 is 2.81 bits per heavy atom. The minimum Gasteiger partial charge on any atom is -0.333 e. The van der Waals surface area contributed by atoms with Crippen molar-refractivity contribution in [2.24, 2.45) is 7.05 Å². The highest BCUT2D eigenvalue weighted by molar-refractivity contribution is 7.99. The molecule has 0 aliphatic heterocycles. The van der Waals surface area contributed by atoms with Gasteiger partial charge >= 0.3 is 6.03 Å². The van der Waals surface area contributed by atoms with E-state index >= 15 is 0 Å². The highest BCUT2D eigenvalue weighted by Crippen LogP contribution is 2.16. The molecule has 0 bridgehead atoms. The van der Waals surface area contributed by atoms with Gasteiger partial charge in [-0.3, -0.25) is 19.5 Å². The van der Waals surface area contributed by atoms with Gasteiger partial charge in [-0.05, 0) is 23.6 Å². The molecule has 3 amide bonds. The van der Waals surface area contributed by atoms with Crippen molar-refractivity contribution in [1.29, 1.82) is 0 Å². The number of urea groups is 1. The monoisotopic (exact) mass is 388 g/mol. The second-order valence-electron chi connectivity index (χ2n) is 5.37. The Morgan fingerprint density at radius 1 is 1.23 bits per heavy atom. The lowest BCUT2D eigenvalue weighted by Crippen LogP contribution is -2.39. The van der Waals surface area contributed by atoms with Crippen LogP contribution in [0, 0.1) is 0 Å². The van der Waals surface area contributed by atoms with Crippen molar-refractivity contribution in [3.63, 3.8) is 0 Å². The molecule has 0 fully saturated rings. The predicted molar refractivity (Wildman–Crippen MR) is 102 cm³/mol. The van der Waals surface area contributed by atoms with Gasteiger partial charge in [-0.15, -0.1) is 11.3 Å². The number of rotatable bonds is 5. The summed E-state index contributed by atoms with van der Waals surface area (Å²) in [5.74, 6) is -0.480. The molecule has 0 radical (unpaired) electrons. The van der Waals surface area contributed by atoms with E-state index in [2.05, 4.69) is 15.6 Å². The lowest BCUT2D eigenvalue weighted by molar-refractivity contribution is -0.117. The predicted octanol–water partition coefficient (Wildman–Crippen LogP) is 2.11.